The van der Waals surface area contributed by atoms with Crippen LogP contribution in [-0.2, 0) is 13.0 Å². The van der Waals surface area contributed by atoms with Crippen LogP contribution in [0.15, 0.2) is 48.5 Å². The van der Waals surface area contributed by atoms with Crippen LogP contribution in [0.2, 0.25) is 0 Å². The van der Waals surface area contributed by atoms with Crippen molar-refractivity contribution in [2.24, 2.45) is 0 Å². The quantitative estimate of drug-likeness (QED) is 0.869. The third-order valence-electron chi connectivity index (χ3n) is 3.27. The Morgan fingerprint density at radius 2 is 1.60 bits per heavy atom. The molecule has 0 bridgehead atoms. The van der Waals surface area contributed by atoms with E-state index in [-0.39, 0.29) is 5.82 Å². The van der Waals surface area contributed by atoms with Crippen LogP contribution >= 0.6 is 0 Å². The predicted molar refractivity (Wildman–Crippen MR) is 79.4 cm³/mol. The number of hydrogen-bond donors (Lipinski definition) is 1. The molecule has 1 unspecified atom stereocenters. The monoisotopic (exact) mass is 273 g/mol. The van der Waals surface area contributed by atoms with E-state index in [4.69, 9.17) is 4.74 Å². The fourth-order valence-electron chi connectivity index (χ4n) is 2.08. The largest absolute Gasteiger partial charge is 0.497 e. The number of ether oxygens (including phenoxy) is 1. The second kappa shape index (κ2) is 7.06. The van der Waals surface area contributed by atoms with Crippen LogP contribution in [0.25, 0.3) is 0 Å². The molecule has 0 saturated carbocycles. The van der Waals surface area contributed by atoms with E-state index >= 15 is 0 Å². The summed E-state index contributed by atoms with van der Waals surface area (Å²) in [7, 11) is 1.67. The summed E-state index contributed by atoms with van der Waals surface area (Å²) in [6.45, 7) is 2.89. The molecule has 0 amide bonds. The highest BCUT2D eigenvalue weighted by molar-refractivity contribution is 5.27. The van der Waals surface area contributed by atoms with Crippen LogP contribution in [0.1, 0.15) is 18.1 Å². The topological polar surface area (TPSA) is 21.3 Å². The lowest BCUT2D eigenvalue weighted by molar-refractivity contribution is 0.414. The lowest BCUT2D eigenvalue weighted by Crippen LogP contribution is -2.27. The summed E-state index contributed by atoms with van der Waals surface area (Å²) >= 11 is 0. The van der Waals surface area contributed by atoms with Crippen LogP contribution in [-0.4, -0.2) is 13.2 Å². The number of benzene rings is 2. The average molecular weight is 273 g/mol. The molecule has 0 fully saturated rings. The summed E-state index contributed by atoms with van der Waals surface area (Å²) in [4.78, 5) is 0. The van der Waals surface area contributed by atoms with Crippen molar-refractivity contribution in [2.45, 2.75) is 25.9 Å². The lowest BCUT2D eigenvalue weighted by atomic mass is 10.1. The Bertz CT molecular complexity index is 522. The van der Waals surface area contributed by atoms with E-state index in [0.29, 0.717) is 6.04 Å². The van der Waals surface area contributed by atoms with Crippen molar-refractivity contribution in [1.29, 1.82) is 0 Å². The molecule has 0 aliphatic carbocycles. The van der Waals surface area contributed by atoms with E-state index in [2.05, 4.69) is 24.4 Å². The lowest BCUT2D eigenvalue weighted by Gasteiger charge is -2.14. The molecule has 0 saturated heterocycles. The summed E-state index contributed by atoms with van der Waals surface area (Å²) < 4.78 is 17.9. The van der Waals surface area contributed by atoms with Gasteiger partial charge in [0.25, 0.3) is 0 Å². The highest BCUT2D eigenvalue weighted by atomic mass is 19.1. The summed E-state index contributed by atoms with van der Waals surface area (Å²) in [6.07, 6.45) is 0.950. The molecule has 0 aliphatic heterocycles. The van der Waals surface area contributed by atoms with Crippen molar-refractivity contribution in [1.82, 2.24) is 5.32 Å². The first-order valence-corrected chi connectivity index (χ1v) is 6.78. The van der Waals surface area contributed by atoms with E-state index in [1.54, 1.807) is 7.11 Å². The number of nitrogens with one attached hydrogen (secondary N) is 1. The third-order valence-corrected chi connectivity index (χ3v) is 3.27. The molecule has 0 radical (unpaired) electrons. The maximum atomic E-state index is 12.8. The van der Waals surface area contributed by atoms with Gasteiger partial charge in [-0.1, -0.05) is 24.3 Å². The molecule has 0 heterocycles. The Morgan fingerprint density at radius 3 is 2.20 bits per heavy atom. The van der Waals surface area contributed by atoms with Crippen molar-refractivity contribution < 1.29 is 9.13 Å². The van der Waals surface area contributed by atoms with Crippen molar-refractivity contribution in [3.05, 3.63) is 65.5 Å². The zero-order chi connectivity index (χ0) is 14.4. The van der Waals surface area contributed by atoms with Gasteiger partial charge in [0.05, 0.1) is 7.11 Å². The molecule has 1 atom stereocenters. The SMILES string of the molecule is COc1ccc(CC(C)NCc2ccc(F)cc2)cc1. The van der Waals surface area contributed by atoms with Crippen molar-refractivity contribution in [3.8, 4) is 5.75 Å². The summed E-state index contributed by atoms with van der Waals surface area (Å²) in [5, 5.41) is 3.44. The fourth-order valence-corrected chi connectivity index (χ4v) is 2.08. The summed E-state index contributed by atoms with van der Waals surface area (Å²) in [5.74, 6) is 0.681. The first kappa shape index (κ1) is 14.5. The Kier molecular flexibility index (Phi) is 5.13. The third kappa shape index (κ3) is 4.35. The molecule has 0 spiro atoms. The molecule has 2 aromatic carbocycles. The van der Waals surface area contributed by atoms with E-state index in [0.717, 1.165) is 24.3 Å². The first-order valence-electron chi connectivity index (χ1n) is 6.78. The van der Waals surface area contributed by atoms with Gasteiger partial charge in [-0.2, -0.15) is 0 Å². The maximum absolute atomic E-state index is 12.8. The van der Waals surface area contributed by atoms with Gasteiger partial charge in [-0.15, -0.1) is 0 Å². The van der Waals surface area contributed by atoms with E-state index < -0.39 is 0 Å². The number of methoxy groups -OCH3 is 1. The second-order valence-corrected chi connectivity index (χ2v) is 4.96. The number of halogens is 1. The summed E-state index contributed by atoms with van der Waals surface area (Å²) in [5.41, 5.74) is 2.36. The fraction of sp³-hybridized carbons (Fsp3) is 0.294. The maximum Gasteiger partial charge on any atom is 0.123 e. The van der Waals surface area contributed by atoms with Gasteiger partial charge in [0, 0.05) is 12.6 Å². The molecule has 0 aliphatic rings. The van der Waals surface area contributed by atoms with Crippen LogP contribution in [0.5, 0.6) is 5.75 Å². The number of hydrogen-bond acceptors (Lipinski definition) is 2. The Hall–Kier alpha value is -1.87. The van der Waals surface area contributed by atoms with Crippen molar-refractivity contribution in [2.75, 3.05) is 7.11 Å². The van der Waals surface area contributed by atoms with Gasteiger partial charge < -0.3 is 10.1 Å². The Morgan fingerprint density at radius 1 is 1.00 bits per heavy atom. The molecule has 106 valence electrons. The van der Waals surface area contributed by atoms with Crippen LogP contribution in [0, 0.1) is 5.82 Å². The van der Waals surface area contributed by atoms with E-state index in [1.807, 2.05) is 24.3 Å². The van der Waals surface area contributed by atoms with Crippen LogP contribution < -0.4 is 10.1 Å². The van der Waals surface area contributed by atoms with Crippen LogP contribution in [0.3, 0.4) is 0 Å². The minimum atomic E-state index is -0.194. The molecule has 2 rings (SSSR count). The van der Waals surface area contributed by atoms with Gasteiger partial charge in [0.1, 0.15) is 11.6 Å². The van der Waals surface area contributed by atoms with Gasteiger partial charge in [-0.25, -0.2) is 4.39 Å². The van der Waals surface area contributed by atoms with Crippen molar-refractivity contribution in [3.63, 3.8) is 0 Å². The van der Waals surface area contributed by atoms with Crippen LogP contribution in [0.4, 0.5) is 4.39 Å². The molecule has 20 heavy (non-hydrogen) atoms. The highest BCUT2D eigenvalue weighted by Gasteiger charge is 2.04. The van der Waals surface area contributed by atoms with Gasteiger partial charge >= 0.3 is 0 Å². The van der Waals surface area contributed by atoms with Gasteiger partial charge in [0.15, 0.2) is 0 Å². The molecular weight excluding hydrogens is 253 g/mol. The minimum Gasteiger partial charge on any atom is -0.497 e. The molecular formula is C17H20FNO. The summed E-state index contributed by atoms with van der Waals surface area (Å²) in [6, 6.07) is 15.1. The smallest absolute Gasteiger partial charge is 0.123 e. The second-order valence-electron chi connectivity index (χ2n) is 4.96. The Labute approximate surface area is 119 Å². The zero-order valence-corrected chi connectivity index (χ0v) is 11.9. The highest BCUT2D eigenvalue weighted by Crippen LogP contribution is 2.13. The number of rotatable bonds is 6. The standard InChI is InChI=1S/C17H20FNO/c1-13(11-14-5-9-17(20-2)10-6-14)19-12-15-3-7-16(18)8-4-15/h3-10,13,19H,11-12H2,1-2H3. The molecule has 0 aromatic heterocycles. The average Bonchev–Trinajstić information content (AvgIpc) is 2.47. The van der Waals surface area contributed by atoms with E-state index in [1.165, 1.54) is 17.7 Å². The normalized spacial score (nSPS) is 12.2. The van der Waals surface area contributed by atoms with E-state index in [9.17, 15) is 4.39 Å². The van der Waals surface area contributed by atoms with Gasteiger partial charge in [-0.05, 0) is 48.7 Å². The van der Waals surface area contributed by atoms with Gasteiger partial charge in [0.2, 0.25) is 0 Å². The van der Waals surface area contributed by atoms with Crippen molar-refractivity contribution >= 4 is 0 Å². The minimum absolute atomic E-state index is 0.194. The zero-order valence-electron chi connectivity index (χ0n) is 11.9. The van der Waals surface area contributed by atoms with Gasteiger partial charge in [-0.3, -0.25) is 0 Å². The molecule has 3 heteroatoms. The molecule has 2 nitrogen and oxygen atoms in total. The molecule has 2 aromatic rings. The molecule has 1 N–H and O–H groups in total. The Balaban J connectivity index is 1.82. The first-order chi connectivity index (χ1) is 9.67. The predicted octanol–water partition coefficient (Wildman–Crippen LogP) is 3.56.